The summed E-state index contributed by atoms with van der Waals surface area (Å²) < 4.78 is 3.20. The number of hydrogen-bond acceptors (Lipinski definition) is 4. The summed E-state index contributed by atoms with van der Waals surface area (Å²) in [7, 11) is 0. The first-order valence-corrected chi connectivity index (χ1v) is 9.91. The number of urea groups is 1. The van der Waals surface area contributed by atoms with E-state index in [1.807, 2.05) is 17.5 Å². The van der Waals surface area contributed by atoms with Gasteiger partial charge in [0, 0.05) is 23.3 Å². The van der Waals surface area contributed by atoms with Crippen LogP contribution in [0.4, 0.5) is 10.5 Å². The minimum atomic E-state index is -0.356. The van der Waals surface area contributed by atoms with Crippen molar-refractivity contribution in [1.29, 1.82) is 0 Å². The molecule has 2 N–H and O–H groups in total. The number of anilines is 1. The van der Waals surface area contributed by atoms with Gasteiger partial charge in [-0.25, -0.2) is 14.3 Å². The topological polar surface area (TPSA) is 81.0 Å². The molecule has 9 heteroatoms. The highest BCUT2D eigenvalue weighted by molar-refractivity contribution is 7.13. The van der Waals surface area contributed by atoms with Crippen LogP contribution in [-0.4, -0.2) is 26.9 Å². The van der Waals surface area contributed by atoms with E-state index >= 15 is 0 Å². The smallest absolute Gasteiger partial charge is 0.336 e. The molecular formula is C18H18ClN5O2S. The van der Waals surface area contributed by atoms with Crippen molar-refractivity contribution in [2.75, 3.05) is 11.9 Å². The van der Waals surface area contributed by atoms with Gasteiger partial charge < -0.3 is 10.6 Å². The van der Waals surface area contributed by atoms with E-state index in [9.17, 15) is 9.59 Å². The molecule has 27 heavy (non-hydrogen) atoms. The molecule has 2 amide bonds. The van der Waals surface area contributed by atoms with Gasteiger partial charge in [0.05, 0.1) is 11.4 Å². The van der Waals surface area contributed by atoms with Crippen molar-refractivity contribution in [3.05, 3.63) is 57.3 Å². The zero-order chi connectivity index (χ0) is 18.8. The fourth-order valence-corrected chi connectivity index (χ4v) is 3.71. The lowest BCUT2D eigenvalue weighted by Crippen LogP contribution is -2.34. The molecule has 4 rings (SSSR count). The molecule has 1 aromatic carbocycles. The molecular weight excluding hydrogens is 386 g/mol. The Labute approximate surface area is 164 Å². The van der Waals surface area contributed by atoms with Gasteiger partial charge in [-0.1, -0.05) is 23.7 Å². The highest BCUT2D eigenvalue weighted by Crippen LogP contribution is 2.37. The molecule has 0 unspecified atom stereocenters. The fraction of sp³-hybridized carbons (Fsp3) is 0.278. The van der Waals surface area contributed by atoms with Crippen molar-refractivity contribution in [3.8, 4) is 10.7 Å². The number of nitrogens with zero attached hydrogens (tertiary/aromatic N) is 3. The third-order valence-corrected chi connectivity index (χ3v) is 5.32. The van der Waals surface area contributed by atoms with Crippen LogP contribution in [-0.2, 0) is 6.54 Å². The van der Waals surface area contributed by atoms with E-state index in [0.717, 1.165) is 17.7 Å². The van der Waals surface area contributed by atoms with Crippen LogP contribution in [0.5, 0.6) is 0 Å². The minimum Gasteiger partial charge on any atom is -0.336 e. The molecule has 7 nitrogen and oxygen atoms in total. The maximum atomic E-state index is 12.7. The van der Waals surface area contributed by atoms with E-state index in [1.165, 1.54) is 4.68 Å². The van der Waals surface area contributed by atoms with Crippen LogP contribution in [0.1, 0.15) is 18.9 Å². The first-order valence-electron chi connectivity index (χ1n) is 8.65. The quantitative estimate of drug-likeness (QED) is 0.660. The van der Waals surface area contributed by atoms with E-state index in [2.05, 4.69) is 15.7 Å². The lowest BCUT2D eigenvalue weighted by atomic mass is 10.3. The van der Waals surface area contributed by atoms with Crippen molar-refractivity contribution in [1.82, 2.24) is 19.7 Å². The van der Waals surface area contributed by atoms with E-state index < -0.39 is 0 Å². The second-order valence-corrected chi connectivity index (χ2v) is 7.68. The molecule has 2 heterocycles. The summed E-state index contributed by atoms with van der Waals surface area (Å²) in [5, 5.41) is 12.5. The number of benzene rings is 1. The normalized spacial score (nSPS) is 13.5. The van der Waals surface area contributed by atoms with Crippen molar-refractivity contribution in [3.63, 3.8) is 0 Å². The number of carbonyl (C=O) groups is 1. The molecule has 0 bridgehead atoms. The summed E-state index contributed by atoms with van der Waals surface area (Å²) >= 11 is 7.46. The van der Waals surface area contributed by atoms with E-state index in [0.29, 0.717) is 23.1 Å². The van der Waals surface area contributed by atoms with Crippen LogP contribution in [0.15, 0.2) is 46.6 Å². The van der Waals surface area contributed by atoms with Gasteiger partial charge in [-0.15, -0.1) is 16.4 Å². The number of rotatable bonds is 6. The lowest BCUT2D eigenvalue weighted by Gasteiger charge is -2.07. The standard InChI is InChI=1S/C18H18ClN5O2S/c19-12-3-1-4-13(11-12)21-17(25)20-8-9-23-18(26)24(14-6-7-14)16(22-23)15-5-2-10-27-15/h1-5,10-11,14H,6-9H2,(H2,20,21,25). The number of halogens is 1. The number of carbonyl (C=O) groups excluding carboxylic acids is 1. The second-order valence-electron chi connectivity index (χ2n) is 6.30. The van der Waals surface area contributed by atoms with Gasteiger partial charge in [0.2, 0.25) is 0 Å². The highest BCUT2D eigenvalue weighted by atomic mass is 35.5. The van der Waals surface area contributed by atoms with Gasteiger partial charge in [-0.3, -0.25) is 4.57 Å². The predicted molar refractivity (Wildman–Crippen MR) is 107 cm³/mol. The summed E-state index contributed by atoms with van der Waals surface area (Å²) in [5.41, 5.74) is 0.480. The molecule has 0 spiro atoms. The van der Waals surface area contributed by atoms with Crippen LogP contribution >= 0.6 is 22.9 Å². The van der Waals surface area contributed by atoms with Gasteiger partial charge in [0.15, 0.2) is 5.82 Å². The van der Waals surface area contributed by atoms with Gasteiger partial charge >= 0.3 is 11.7 Å². The Bertz CT molecular complexity index is 1010. The van der Waals surface area contributed by atoms with Crippen LogP contribution in [0.25, 0.3) is 10.7 Å². The summed E-state index contributed by atoms with van der Waals surface area (Å²) in [6.45, 7) is 0.595. The Morgan fingerprint density at radius 1 is 1.30 bits per heavy atom. The largest absolute Gasteiger partial charge is 0.346 e. The number of aromatic nitrogens is 3. The summed E-state index contributed by atoms with van der Waals surface area (Å²) in [6.07, 6.45) is 2.01. The van der Waals surface area contributed by atoms with Crippen molar-refractivity contribution in [2.24, 2.45) is 0 Å². The zero-order valence-corrected chi connectivity index (χ0v) is 16.0. The molecule has 0 radical (unpaired) electrons. The summed E-state index contributed by atoms with van der Waals surface area (Å²) in [4.78, 5) is 25.7. The second kappa shape index (κ2) is 7.58. The van der Waals surface area contributed by atoms with Crippen LogP contribution < -0.4 is 16.3 Å². The lowest BCUT2D eigenvalue weighted by molar-refractivity contribution is 0.251. The fourth-order valence-electron chi connectivity index (χ4n) is 2.82. The number of amides is 2. The average Bonchev–Trinajstić information content (AvgIpc) is 3.21. The Hall–Kier alpha value is -2.58. The van der Waals surface area contributed by atoms with Crippen LogP contribution in [0.2, 0.25) is 5.02 Å². The molecule has 0 atom stereocenters. The van der Waals surface area contributed by atoms with Gasteiger partial charge in [0.25, 0.3) is 0 Å². The summed E-state index contributed by atoms with van der Waals surface area (Å²) in [5.74, 6) is 0.709. The van der Waals surface area contributed by atoms with Gasteiger partial charge in [-0.05, 0) is 42.5 Å². The first kappa shape index (κ1) is 17.8. The van der Waals surface area contributed by atoms with Crippen LogP contribution in [0.3, 0.4) is 0 Å². The first-order chi connectivity index (χ1) is 13.1. The maximum absolute atomic E-state index is 12.7. The molecule has 140 valence electrons. The Morgan fingerprint density at radius 2 is 2.15 bits per heavy atom. The molecule has 0 saturated heterocycles. The van der Waals surface area contributed by atoms with Gasteiger partial charge in [-0.2, -0.15) is 0 Å². The van der Waals surface area contributed by atoms with Crippen molar-refractivity contribution >= 4 is 34.7 Å². The average molecular weight is 404 g/mol. The Kier molecular flexibility index (Phi) is 5.00. The van der Waals surface area contributed by atoms with E-state index in [1.54, 1.807) is 40.2 Å². The maximum Gasteiger partial charge on any atom is 0.346 e. The number of hydrogen-bond donors (Lipinski definition) is 2. The van der Waals surface area contributed by atoms with E-state index in [4.69, 9.17) is 11.6 Å². The zero-order valence-electron chi connectivity index (χ0n) is 14.4. The number of thiophene rings is 1. The molecule has 1 fully saturated rings. The SMILES string of the molecule is O=C(NCCn1nc(-c2cccs2)n(C2CC2)c1=O)Nc1cccc(Cl)c1. The van der Waals surface area contributed by atoms with Crippen LogP contribution in [0, 0.1) is 0 Å². The monoisotopic (exact) mass is 403 g/mol. The predicted octanol–water partition coefficient (Wildman–Crippen LogP) is 3.58. The third-order valence-electron chi connectivity index (χ3n) is 4.22. The molecule has 1 saturated carbocycles. The summed E-state index contributed by atoms with van der Waals surface area (Å²) in [6, 6.07) is 10.7. The van der Waals surface area contributed by atoms with Crippen molar-refractivity contribution < 1.29 is 4.79 Å². The number of nitrogens with one attached hydrogen (secondary N) is 2. The molecule has 3 aromatic rings. The molecule has 2 aromatic heterocycles. The Morgan fingerprint density at radius 3 is 2.85 bits per heavy atom. The Balaban J connectivity index is 1.41. The molecule has 0 aliphatic heterocycles. The third kappa shape index (κ3) is 4.06. The highest BCUT2D eigenvalue weighted by Gasteiger charge is 2.30. The van der Waals surface area contributed by atoms with E-state index in [-0.39, 0.29) is 24.3 Å². The minimum absolute atomic E-state index is 0.127. The van der Waals surface area contributed by atoms with Gasteiger partial charge in [0.1, 0.15) is 0 Å². The molecule has 1 aliphatic rings. The van der Waals surface area contributed by atoms with Crippen molar-refractivity contribution in [2.45, 2.75) is 25.4 Å². The molecule has 1 aliphatic carbocycles.